The van der Waals surface area contributed by atoms with Crippen LogP contribution in [0.3, 0.4) is 0 Å². The van der Waals surface area contributed by atoms with Gasteiger partial charge in [0.15, 0.2) is 0 Å². The maximum absolute atomic E-state index is 11.7. The first kappa shape index (κ1) is 14.9. The first-order valence-electron chi connectivity index (χ1n) is 8.08. The van der Waals surface area contributed by atoms with Gasteiger partial charge in [-0.2, -0.15) is 5.10 Å². The summed E-state index contributed by atoms with van der Waals surface area (Å²) in [7, 11) is 2.84. The topological polar surface area (TPSA) is 41.4 Å². The Balaban J connectivity index is 1.50. The third-order valence-electron chi connectivity index (χ3n) is 4.96. The second kappa shape index (κ2) is 6.06. The second-order valence-corrected chi connectivity index (χ2v) is 7.18. The number of anilines is 1. The van der Waals surface area contributed by atoms with Gasteiger partial charge < -0.3 is 4.90 Å². The van der Waals surface area contributed by atoms with E-state index in [0.717, 1.165) is 24.6 Å². The van der Waals surface area contributed by atoms with Crippen LogP contribution in [0.4, 0.5) is 5.69 Å². The lowest BCUT2D eigenvalue weighted by atomic mass is 10.0. The quantitative estimate of drug-likeness (QED) is 0.803. The van der Waals surface area contributed by atoms with Crippen molar-refractivity contribution < 1.29 is 0 Å². The molecule has 5 nitrogen and oxygen atoms in total. The Labute approximate surface area is 138 Å². The van der Waals surface area contributed by atoms with Gasteiger partial charge in [0, 0.05) is 43.6 Å². The van der Waals surface area contributed by atoms with Crippen molar-refractivity contribution in [3.05, 3.63) is 58.5 Å². The molecule has 120 valence electrons. The van der Waals surface area contributed by atoms with E-state index in [0.29, 0.717) is 12.6 Å². The standard InChI is InChI=1S/C17H21N4OP/c22-17-2-1-8-18-21(17)10-13-3-5-15(6-4-13)20-9-7-14-11-19(23)12-16(14)20/h1-6,8,14,16H,7,9-12,23H2/t14-,16+/m1/s1. The molecule has 23 heavy (non-hydrogen) atoms. The highest BCUT2D eigenvalue weighted by Gasteiger charge is 2.40. The molecule has 0 amide bonds. The van der Waals surface area contributed by atoms with Gasteiger partial charge in [0.2, 0.25) is 0 Å². The smallest absolute Gasteiger partial charge is 0.267 e. The molecule has 0 N–H and O–H groups in total. The minimum atomic E-state index is -0.0644. The summed E-state index contributed by atoms with van der Waals surface area (Å²) in [6.07, 6.45) is 2.93. The van der Waals surface area contributed by atoms with Crippen LogP contribution in [0.1, 0.15) is 12.0 Å². The number of nitrogens with zero attached hydrogens (tertiary/aromatic N) is 4. The maximum atomic E-state index is 11.7. The maximum Gasteiger partial charge on any atom is 0.267 e. The molecule has 1 aromatic carbocycles. The molecular formula is C17H21N4OP. The van der Waals surface area contributed by atoms with Gasteiger partial charge in [-0.25, -0.2) is 4.68 Å². The number of fused-ring (bicyclic) bond motifs is 1. The second-order valence-electron chi connectivity index (χ2n) is 6.45. The lowest BCUT2D eigenvalue weighted by Crippen LogP contribution is -2.33. The van der Waals surface area contributed by atoms with Crippen LogP contribution in [0.15, 0.2) is 47.4 Å². The van der Waals surface area contributed by atoms with Crippen molar-refractivity contribution in [3.8, 4) is 0 Å². The molecule has 2 fully saturated rings. The summed E-state index contributed by atoms with van der Waals surface area (Å²) < 4.78 is 3.84. The van der Waals surface area contributed by atoms with Gasteiger partial charge in [-0.3, -0.25) is 9.46 Å². The zero-order chi connectivity index (χ0) is 15.8. The fourth-order valence-corrected chi connectivity index (χ4v) is 4.27. The molecule has 1 unspecified atom stereocenters. The van der Waals surface area contributed by atoms with E-state index in [-0.39, 0.29) is 5.56 Å². The van der Waals surface area contributed by atoms with Crippen molar-refractivity contribution in [2.24, 2.45) is 5.92 Å². The zero-order valence-corrected chi connectivity index (χ0v) is 14.2. The largest absolute Gasteiger partial charge is 0.367 e. The van der Waals surface area contributed by atoms with Crippen LogP contribution in [-0.4, -0.2) is 40.1 Å². The molecule has 0 saturated carbocycles. The van der Waals surface area contributed by atoms with Crippen molar-refractivity contribution in [2.75, 3.05) is 24.5 Å². The summed E-state index contributed by atoms with van der Waals surface area (Å²) in [6, 6.07) is 12.4. The third kappa shape index (κ3) is 2.91. The van der Waals surface area contributed by atoms with Crippen LogP contribution in [0.2, 0.25) is 0 Å². The highest BCUT2D eigenvalue weighted by atomic mass is 31.0. The Hall–Kier alpha value is -1.71. The van der Waals surface area contributed by atoms with Gasteiger partial charge in [-0.15, -0.1) is 0 Å². The van der Waals surface area contributed by atoms with E-state index in [9.17, 15) is 4.79 Å². The van der Waals surface area contributed by atoms with Crippen LogP contribution in [0.5, 0.6) is 0 Å². The molecule has 2 aromatic rings. The fraction of sp³-hybridized carbons (Fsp3) is 0.412. The average Bonchev–Trinajstić information content (AvgIpc) is 3.09. The minimum absolute atomic E-state index is 0.0644. The normalized spacial score (nSPS) is 24.1. The lowest BCUT2D eigenvalue weighted by Gasteiger charge is -2.26. The van der Waals surface area contributed by atoms with E-state index >= 15 is 0 Å². The summed E-state index contributed by atoms with van der Waals surface area (Å²) >= 11 is 0. The summed E-state index contributed by atoms with van der Waals surface area (Å²) in [4.78, 5) is 14.3. The third-order valence-corrected chi connectivity index (χ3v) is 5.38. The summed E-state index contributed by atoms with van der Waals surface area (Å²) in [5.74, 6) is 0.791. The van der Waals surface area contributed by atoms with Crippen molar-refractivity contribution in [1.29, 1.82) is 0 Å². The fourth-order valence-electron chi connectivity index (χ4n) is 3.79. The van der Waals surface area contributed by atoms with Crippen molar-refractivity contribution in [1.82, 2.24) is 14.5 Å². The van der Waals surface area contributed by atoms with Gasteiger partial charge >= 0.3 is 0 Å². The molecule has 6 heteroatoms. The van der Waals surface area contributed by atoms with E-state index in [2.05, 4.69) is 48.3 Å². The molecule has 0 radical (unpaired) electrons. The van der Waals surface area contributed by atoms with Gasteiger partial charge in [0.05, 0.1) is 6.54 Å². The average molecular weight is 328 g/mol. The van der Waals surface area contributed by atoms with Crippen LogP contribution >= 0.6 is 9.39 Å². The monoisotopic (exact) mass is 328 g/mol. The summed E-state index contributed by atoms with van der Waals surface area (Å²) in [5, 5.41) is 4.11. The first-order valence-corrected chi connectivity index (χ1v) is 8.60. The van der Waals surface area contributed by atoms with Crippen LogP contribution in [-0.2, 0) is 6.54 Å². The molecule has 2 aliphatic heterocycles. The first-order chi connectivity index (χ1) is 11.2. The number of rotatable bonds is 3. The number of benzene rings is 1. The van der Waals surface area contributed by atoms with E-state index < -0.39 is 0 Å². The zero-order valence-electron chi connectivity index (χ0n) is 13.0. The molecule has 0 spiro atoms. The predicted molar refractivity (Wildman–Crippen MR) is 94.6 cm³/mol. The van der Waals surface area contributed by atoms with Gasteiger partial charge in [0.1, 0.15) is 0 Å². The van der Waals surface area contributed by atoms with Crippen molar-refractivity contribution in [2.45, 2.75) is 19.0 Å². The lowest BCUT2D eigenvalue weighted by molar-refractivity contribution is 0.520. The molecular weight excluding hydrogens is 307 g/mol. The highest BCUT2D eigenvalue weighted by molar-refractivity contribution is 7.13. The molecule has 1 aromatic heterocycles. The Morgan fingerprint density at radius 3 is 2.78 bits per heavy atom. The Morgan fingerprint density at radius 1 is 1.17 bits per heavy atom. The predicted octanol–water partition coefficient (Wildman–Crippen LogP) is 1.59. The van der Waals surface area contributed by atoms with Gasteiger partial charge in [0.25, 0.3) is 5.56 Å². The minimum Gasteiger partial charge on any atom is -0.367 e. The van der Waals surface area contributed by atoms with Crippen LogP contribution < -0.4 is 10.5 Å². The van der Waals surface area contributed by atoms with Gasteiger partial charge in [-0.05, 0) is 36.1 Å². The molecule has 3 atom stereocenters. The van der Waals surface area contributed by atoms with E-state index in [1.54, 1.807) is 18.3 Å². The van der Waals surface area contributed by atoms with Crippen LogP contribution in [0, 0.1) is 5.92 Å². The van der Waals surface area contributed by atoms with Crippen molar-refractivity contribution in [3.63, 3.8) is 0 Å². The highest BCUT2D eigenvalue weighted by Crippen LogP contribution is 2.36. The molecule has 2 aliphatic rings. The van der Waals surface area contributed by atoms with E-state index in [1.165, 1.54) is 23.3 Å². The SMILES string of the molecule is O=c1cccnn1Cc1ccc(N2CC[C@@H]3CN(P)C[C@@H]32)cc1. The molecule has 0 aliphatic carbocycles. The van der Waals surface area contributed by atoms with E-state index in [4.69, 9.17) is 0 Å². The molecule has 0 bridgehead atoms. The van der Waals surface area contributed by atoms with Crippen LogP contribution in [0.25, 0.3) is 0 Å². The Morgan fingerprint density at radius 2 is 2.00 bits per heavy atom. The molecule has 4 rings (SSSR count). The Bertz CT molecular complexity index is 745. The van der Waals surface area contributed by atoms with E-state index in [1.807, 2.05) is 0 Å². The number of aromatic nitrogens is 2. The van der Waals surface area contributed by atoms with Crippen molar-refractivity contribution >= 4 is 15.1 Å². The van der Waals surface area contributed by atoms with Gasteiger partial charge in [-0.1, -0.05) is 21.5 Å². The number of hydrogen-bond donors (Lipinski definition) is 0. The molecule has 2 saturated heterocycles. The summed E-state index contributed by atoms with van der Waals surface area (Å²) in [5.41, 5.74) is 2.32. The molecule has 3 heterocycles. The Kier molecular flexibility index (Phi) is 3.92. The summed E-state index contributed by atoms with van der Waals surface area (Å²) in [6.45, 7) is 3.98. The number of hydrogen-bond acceptors (Lipinski definition) is 4.